The van der Waals surface area contributed by atoms with Crippen molar-refractivity contribution in [2.45, 2.75) is 57.0 Å². The summed E-state index contributed by atoms with van der Waals surface area (Å²) in [6, 6.07) is 0. The van der Waals surface area contributed by atoms with E-state index in [1.165, 1.54) is 0 Å². The van der Waals surface area contributed by atoms with Crippen LogP contribution in [0.25, 0.3) is 0 Å². The fourth-order valence-corrected chi connectivity index (χ4v) is 1.81. The highest BCUT2D eigenvalue weighted by atomic mass is 16.7. The van der Waals surface area contributed by atoms with Crippen LogP contribution in [-0.2, 0) is 9.47 Å². The van der Waals surface area contributed by atoms with E-state index in [0.717, 1.165) is 0 Å². The Balaban J connectivity index is 2.40. The van der Waals surface area contributed by atoms with Gasteiger partial charge in [-0.25, -0.2) is 0 Å². The Morgan fingerprint density at radius 2 is 1.74 bits per heavy atom. The highest BCUT2D eigenvalue weighted by Gasteiger charge is 2.43. The lowest BCUT2D eigenvalue weighted by Crippen LogP contribution is -2.59. The molecule has 1 rings (SSSR count). The Morgan fingerprint density at radius 3 is 2.26 bits per heavy atom. The smallest absolute Gasteiger partial charge is 0.186 e. The number of aliphatic hydroxyl groups is 4. The average molecular weight is 279 g/mol. The summed E-state index contributed by atoms with van der Waals surface area (Å²) in [7, 11) is 0. The molecule has 0 aromatic carbocycles. The van der Waals surface area contributed by atoms with E-state index in [9.17, 15) is 15.3 Å². The molecule has 1 heterocycles. The second kappa shape index (κ2) is 6.94. The van der Waals surface area contributed by atoms with Gasteiger partial charge in [0.1, 0.15) is 24.4 Å². The van der Waals surface area contributed by atoms with E-state index in [4.69, 9.17) is 14.6 Å². The fourth-order valence-electron chi connectivity index (χ4n) is 1.81. The molecular weight excluding hydrogens is 254 g/mol. The summed E-state index contributed by atoms with van der Waals surface area (Å²) in [5.41, 5.74) is -0.0429. The van der Waals surface area contributed by atoms with Crippen LogP contribution in [0.1, 0.15) is 20.8 Å². The Bertz CT molecular complexity index is 267. The molecule has 2 unspecified atom stereocenters. The third-order valence-corrected chi connectivity index (χ3v) is 2.89. The van der Waals surface area contributed by atoms with Gasteiger partial charge in [-0.05, 0) is 20.8 Å². The lowest BCUT2D eigenvalue weighted by molar-refractivity contribution is -0.300. The van der Waals surface area contributed by atoms with E-state index in [1.54, 1.807) is 0 Å². The maximum atomic E-state index is 9.72. The number of rotatable bonds is 5. The van der Waals surface area contributed by atoms with Crippen LogP contribution >= 0.6 is 0 Å². The van der Waals surface area contributed by atoms with E-state index in [-0.39, 0.29) is 12.1 Å². The maximum absolute atomic E-state index is 9.72. The molecule has 1 aliphatic heterocycles. The molecule has 0 radical (unpaired) electrons. The average Bonchev–Trinajstić information content (AvgIpc) is 2.33. The van der Waals surface area contributed by atoms with E-state index in [2.05, 4.69) is 5.32 Å². The molecule has 0 aromatic rings. The SMILES string of the molecule is CC(C)(C)NCCO[C@@H]1OC(CO)[C@@H](O)[C@H](O)C1O. The van der Waals surface area contributed by atoms with Gasteiger partial charge in [0, 0.05) is 12.1 Å². The van der Waals surface area contributed by atoms with Gasteiger partial charge in [-0.2, -0.15) is 0 Å². The summed E-state index contributed by atoms with van der Waals surface area (Å²) in [4.78, 5) is 0. The van der Waals surface area contributed by atoms with Gasteiger partial charge in [0.05, 0.1) is 13.2 Å². The van der Waals surface area contributed by atoms with Gasteiger partial charge in [-0.1, -0.05) is 0 Å². The normalized spacial score (nSPS) is 36.5. The molecule has 0 spiro atoms. The lowest BCUT2D eigenvalue weighted by atomic mass is 9.99. The monoisotopic (exact) mass is 279 g/mol. The molecule has 5 N–H and O–H groups in total. The first-order valence-corrected chi connectivity index (χ1v) is 6.43. The summed E-state index contributed by atoms with van der Waals surface area (Å²) >= 11 is 0. The van der Waals surface area contributed by atoms with Gasteiger partial charge < -0.3 is 35.2 Å². The van der Waals surface area contributed by atoms with Crippen LogP contribution in [0.3, 0.4) is 0 Å². The second-order valence-corrected chi connectivity index (χ2v) is 5.74. The Labute approximate surface area is 113 Å². The first-order chi connectivity index (χ1) is 8.76. The number of ether oxygens (including phenoxy) is 2. The molecule has 0 aliphatic carbocycles. The van der Waals surface area contributed by atoms with E-state index >= 15 is 0 Å². The van der Waals surface area contributed by atoms with Crippen LogP contribution in [0.15, 0.2) is 0 Å². The third kappa shape index (κ3) is 4.96. The predicted octanol–water partition coefficient (Wildman–Crippen LogP) is -1.81. The molecule has 0 bridgehead atoms. The molecular formula is C12H25NO6. The quantitative estimate of drug-likeness (QED) is 0.377. The van der Waals surface area contributed by atoms with Crippen LogP contribution in [-0.4, -0.2) is 76.4 Å². The summed E-state index contributed by atoms with van der Waals surface area (Å²) < 4.78 is 10.5. The maximum Gasteiger partial charge on any atom is 0.186 e. The zero-order chi connectivity index (χ0) is 14.6. The van der Waals surface area contributed by atoms with Crippen molar-refractivity contribution in [3.05, 3.63) is 0 Å². The first kappa shape index (κ1) is 16.8. The number of aliphatic hydroxyl groups excluding tert-OH is 4. The Hall–Kier alpha value is -0.280. The molecule has 114 valence electrons. The third-order valence-electron chi connectivity index (χ3n) is 2.89. The largest absolute Gasteiger partial charge is 0.394 e. The van der Waals surface area contributed by atoms with E-state index < -0.39 is 37.3 Å². The topological polar surface area (TPSA) is 111 Å². The van der Waals surface area contributed by atoms with E-state index in [1.807, 2.05) is 20.8 Å². The van der Waals surface area contributed by atoms with Crippen molar-refractivity contribution in [3.63, 3.8) is 0 Å². The van der Waals surface area contributed by atoms with Gasteiger partial charge in [0.15, 0.2) is 6.29 Å². The summed E-state index contributed by atoms with van der Waals surface area (Å²) in [5.74, 6) is 0. The molecule has 19 heavy (non-hydrogen) atoms. The fraction of sp³-hybridized carbons (Fsp3) is 1.00. The molecule has 0 aromatic heterocycles. The zero-order valence-corrected chi connectivity index (χ0v) is 11.6. The predicted molar refractivity (Wildman–Crippen MR) is 67.5 cm³/mol. The van der Waals surface area contributed by atoms with Crippen molar-refractivity contribution in [3.8, 4) is 0 Å². The Kier molecular flexibility index (Phi) is 6.13. The standard InChI is InChI=1S/C12H25NO6/c1-12(2,3)13-4-5-18-11-10(17)9(16)8(15)7(6-14)19-11/h7-11,13-17H,4-6H2,1-3H3/t7?,8-,9+,10?,11-/m1/s1. The molecule has 7 heteroatoms. The van der Waals surface area contributed by atoms with Gasteiger partial charge >= 0.3 is 0 Å². The molecule has 1 saturated heterocycles. The molecule has 5 atom stereocenters. The van der Waals surface area contributed by atoms with Crippen molar-refractivity contribution in [1.82, 2.24) is 5.32 Å². The number of hydrogen-bond acceptors (Lipinski definition) is 7. The lowest BCUT2D eigenvalue weighted by Gasteiger charge is -2.39. The van der Waals surface area contributed by atoms with Gasteiger partial charge in [-0.15, -0.1) is 0 Å². The highest BCUT2D eigenvalue weighted by molar-refractivity contribution is 4.88. The molecule has 0 saturated carbocycles. The van der Waals surface area contributed by atoms with Crippen molar-refractivity contribution >= 4 is 0 Å². The first-order valence-electron chi connectivity index (χ1n) is 6.43. The molecule has 1 aliphatic rings. The summed E-state index contributed by atoms with van der Waals surface area (Å²) in [6.07, 6.45) is -6.08. The molecule has 0 amide bonds. The number of hydrogen-bond donors (Lipinski definition) is 5. The van der Waals surface area contributed by atoms with Crippen molar-refractivity contribution in [1.29, 1.82) is 0 Å². The van der Waals surface area contributed by atoms with E-state index in [0.29, 0.717) is 6.54 Å². The van der Waals surface area contributed by atoms with Crippen molar-refractivity contribution < 1.29 is 29.9 Å². The van der Waals surface area contributed by atoms with Crippen LogP contribution in [0.5, 0.6) is 0 Å². The van der Waals surface area contributed by atoms with Gasteiger partial charge in [0.25, 0.3) is 0 Å². The molecule has 7 nitrogen and oxygen atoms in total. The van der Waals surface area contributed by atoms with Crippen molar-refractivity contribution in [2.75, 3.05) is 19.8 Å². The summed E-state index contributed by atoms with van der Waals surface area (Å²) in [5, 5.41) is 41.1. The van der Waals surface area contributed by atoms with Crippen LogP contribution in [0.4, 0.5) is 0 Å². The van der Waals surface area contributed by atoms with Crippen LogP contribution < -0.4 is 5.32 Å². The molecule has 1 fully saturated rings. The number of nitrogens with one attached hydrogen (secondary N) is 1. The van der Waals surface area contributed by atoms with Crippen LogP contribution in [0, 0.1) is 0 Å². The summed E-state index contributed by atoms with van der Waals surface area (Å²) in [6.45, 7) is 6.42. The second-order valence-electron chi connectivity index (χ2n) is 5.74. The minimum Gasteiger partial charge on any atom is -0.394 e. The van der Waals surface area contributed by atoms with Crippen molar-refractivity contribution in [2.24, 2.45) is 0 Å². The minimum atomic E-state index is -1.40. The highest BCUT2D eigenvalue weighted by Crippen LogP contribution is 2.21. The zero-order valence-electron chi connectivity index (χ0n) is 11.6. The Morgan fingerprint density at radius 1 is 1.11 bits per heavy atom. The van der Waals surface area contributed by atoms with Gasteiger partial charge in [0.2, 0.25) is 0 Å². The van der Waals surface area contributed by atoms with Gasteiger partial charge in [-0.3, -0.25) is 0 Å². The minimum absolute atomic E-state index is 0.0429. The van der Waals surface area contributed by atoms with Crippen LogP contribution in [0.2, 0.25) is 0 Å².